The molecule has 0 unspecified atom stereocenters. The third-order valence-corrected chi connectivity index (χ3v) is 5.64. The van der Waals surface area contributed by atoms with Crippen molar-refractivity contribution >= 4 is 33.9 Å². The van der Waals surface area contributed by atoms with Gasteiger partial charge in [-0.05, 0) is 43.7 Å². The number of hydrogen-bond donors (Lipinski definition) is 0. The quantitative estimate of drug-likeness (QED) is 0.368. The van der Waals surface area contributed by atoms with Crippen LogP contribution in [0.5, 0.6) is 0 Å². The largest absolute Gasteiger partial charge is 0.452 e. The maximum atomic E-state index is 12.3. The summed E-state index contributed by atoms with van der Waals surface area (Å²) >= 11 is 3.47. The fourth-order valence-corrected chi connectivity index (χ4v) is 3.54. The number of carbonyl (C=O) groups is 2. The Bertz CT molecular complexity index is 1110. The summed E-state index contributed by atoms with van der Waals surface area (Å²) in [4.78, 5) is 26.0. The molecule has 0 aliphatic rings. The van der Waals surface area contributed by atoms with Crippen LogP contribution in [0, 0.1) is 13.8 Å². The lowest BCUT2D eigenvalue weighted by Crippen LogP contribution is -2.30. The first-order valence-corrected chi connectivity index (χ1v) is 10.6. The SMILES string of the molecule is Cc1nn(-c2ccccc2)c(C)c1/C=C/C(=O)OCC(=O)N(C)Cc1ccccc1Br. The second-order valence-corrected chi connectivity index (χ2v) is 7.97. The van der Waals surface area contributed by atoms with E-state index in [1.54, 1.807) is 13.1 Å². The van der Waals surface area contributed by atoms with Crippen LogP contribution in [0.3, 0.4) is 0 Å². The number of hydrogen-bond acceptors (Lipinski definition) is 4. The minimum atomic E-state index is -0.575. The number of aromatic nitrogens is 2. The van der Waals surface area contributed by atoms with Crippen LogP contribution in [-0.2, 0) is 20.9 Å². The van der Waals surface area contributed by atoms with Crippen molar-refractivity contribution in [1.82, 2.24) is 14.7 Å². The van der Waals surface area contributed by atoms with Gasteiger partial charge in [-0.25, -0.2) is 9.48 Å². The lowest BCUT2D eigenvalue weighted by molar-refractivity contribution is -0.147. The minimum Gasteiger partial charge on any atom is -0.452 e. The summed E-state index contributed by atoms with van der Waals surface area (Å²) in [7, 11) is 1.68. The highest BCUT2D eigenvalue weighted by Gasteiger charge is 2.14. The number of rotatable bonds is 7. The minimum absolute atomic E-state index is 0.276. The van der Waals surface area contributed by atoms with Crippen LogP contribution in [0.2, 0.25) is 0 Å². The molecule has 0 atom stereocenters. The van der Waals surface area contributed by atoms with Gasteiger partial charge in [0.25, 0.3) is 5.91 Å². The topological polar surface area (TPSA) is 64.4 Å². The number of halogens is 1. The number of aryl methyl sites for hydroxylation is 1. The molecule has 2 aromatic carbocycles. The second-order valence-electron chi connectivity index (χ2n) is 7.11. The van der Waals surface area contributed by atoms with Gasteiger partial charge in [0.2, 0.25) is 0 Å². The summed E-state index contributed by atoms with van der Waals surface area (Å²) in [5.41, 5.74) is 4.49. The van der Waals surface area contributed by atoms with Gasteiger partial charge in [-0.15, -0.1) is 0 Å². The standard InChI is InChI=1S/C24H24BrN3O3/c1-17-21(18(2)28(26-17)20-10-5-4-6-11-20)13-14-24(30)31-16-23(29)27(3)15-19-9-7-8-12-22(19)25/h4-14H,15-16H2,1-3H3/b14-13+. The molecule has 1 amide bonds. The van der Waals surface area contributed by atoms with Crippen molar-refractivity contribution in [3.8, 4) is 5.69 Å². The highest BCUT2D eigenvalue weighted by Crippen LogP contribution is 2.19. The van der Waals surface area contributed by atoms with E-state index in [1.165, 1.54) is 11.0 Å². The van der Waals surface area contributed by atoms with E-state index in [2.05, 4.69) is 21.0 Å². The molecule has 3 aromatic rings. The molecule has 0 aliphatic heterocycles. The Morgan fingerprint density at radius 1 is 1.10 bits per heavy atom. The Balaban J connectivity index is 1.58. The molecule has 160 valence electrons. The van der Waals surface area contributed by atoms with E-state index in [0.717, 1.165) is 32.7 Å². The summed E-state index contributed by atoms with van der Waals surface area (Å²) in [5, 5.41) is 4.55. The summed E-state index contributed by atoms with van der Waals surface area (Å²) in [6.07, 6.45) is 3.00. The molecule has 7 heteroatoms. The fraction of sp³-hybridized carbons (Fsp3) is 0.208. The van der Waals surface area contributed by atoms with Gasteiger partial charge < -0.3 is 9.64 Å². The molecule has 0 bridgehead atoms. The molecule has 31 heavy (non-hydrogen) atoms. The van der Waals surface area contributed by atoms with Gasteiger partial charge in [0.15, 0.2) is 6.61 Å². The number of amides is 1. The highest BCUT2D eigenvalue weighted by atomic mass is 79.9. The third kappa shape index (κ3) is 5.70. The van der Waals surface area contributed by atoms with Crippen molar-refractivity contribution in [3.63, 3.8) is 0 Å². The Kier molecular flexibility index (Phi) is 7.41. The Labute approximate surface area is 190 Å². The Morgan fingerprint density at radius 2 is 1.77 bits per heavy atom. The molecule has 0 saturated heterocycles. The number of nitrogens with zero attached hydrogens (tertiary/aromatic N) is 3. The van der Waals surface area contributed by atoms with Crippen LogP contribution in [-0.4, -0.2) is 40.2 Å². The fourth-order valence-electron chi connectivity index (χ4n) is 3.13. The number of para-hydroxylation sites is 1. The maximum absolute atomic E-state index is 12.3. The van der Waals surface area contributed by atoms with E-state index < -0.39 is 5.97 Å². The number of esters is 1. The molecule has 6 nitrogen and oxygen atoms in total. The predicted octanol–water partition coefficient (Wildman–Crippen LogP) is 4.47. The van der Waals surface area contributed by atoms with Gasteiger partial charge in [-0.2, -0.15) is 5.10 Å². The average molecular weight is 482 g/mol. The van der Waals surface area contributed by atoms with Crippen LogP contribution in [0.1, 0.15) is 22.5 Å². The Hall–Kier alpha value is -3.19. The first kappa shape index (κ1) is 22.5. The van der Waals surface area contributed by atoms with E-state index in [1.807, 2.05) is 73.1 Å². The van der Waals surface area contributed by atoms with Gasteiger partial charge in [0.05, 0.1) is 11.4 Å². The van der Waals surface area contributed by atoms with Crippen LogP contribution in [0.15, 0.2) is 65.1 Å². The van der Waals surface area contributed by atoms with Crippen molar-refractivity contribution in [3.05, 3.63) is 87.7 Å². The molecular weight excluding hydrogens is 458 g/mol. The molecule has 0 fully saturated rings. The first-order chi connectivity index (χ1) is 14.9. The van der Waals surface area contributed by atoms with Crippen molar-refractivity contribution in [1.29, 1.82) is 0 Å². The van der Waals surface area contributed by atoms with E-state index in [0.29, 0.717) is 6.54 Å². The number of ether oxygens (including phenoxy) is 1. The summed E-state index contributed by atoms with van der Waals surface area (Å²) in [6, 6.07) is 17.5. The van der Waals surface area contributed by atoms with E-state index >= 15 is 0 Å². The van der Waals surface area contributed by atoms with Gasteiger partial charge in [-0.3, -0.25) is 4.79 Å². The van der Waals surface area contributed by atoms with E-state index in [-0.39, 0.29) is 12.5 Å². The average Bonchev–Trinajstić information content (AvgIpc) is 3.06. The molecule has 1 aromatic heterocycles. The molecule has 0 spiro atoms. The smallest absolute Gasteiger partial charge is 0.331 e. The monoisotopic (exact) mass is 481 g/mol. The zero-order chi connectivity index (χ0) is 22.4. The lowest BCUT2D eigenvalue weighted by atomic mass is 10.2. The van der Waals surface area contributed by atoms with Crippen LogP contribution < -0.4 is 0 Å². The molecule has 1 heterocycles. The van der Waals surface area contributed by atoms with E-state index in [4.69, 9.17) is 4.74 Å². The zero-order valence-corrected chi connectivity index (χ0v) is 19.3. The van der Waals surface area contributed by atoms with Gasteiger partial charge >= 0.3 is 5.97 Å². The predicted molar refractivity (Wildman–Crippen MR) is 124 cm³/mol. The number of carbonyl (C=O) groups excluding carboxylic acids is 2. The van der Waals surface area contributed by atoms with Gasteiger partial charge in [-0.1, -0.05) is 52.3 Å². The molecule has 0 N–H and O–H groups in total. The van der Waals surface area contributed by atoms with Crippen LogP contribution in [0.25, 0.3) is 11.8 Å². The van der Waals surface area contributed by atoms with Crippen LogP contribution >= 0.6 is 15.9 Å². The third-order valence-electron chi connectivity index (χ3n) is 4.86. The zero-order valence-electron chi connectivity index (χ0n) is 17.7. The molecule has 3 rings (SSSR count). The van der Waals surface area contributed by atoms with Crippen molar-refractivity contribution in [2.75, 3.05) is 13.7 Å². The Morgan fingerprint density at radius 3 is 2.48 bits per heavy atom. The number of benzene rings is 2. The maximum Gasteiger partial charge on any atom is 0.331 e. The molecular formula is C24H24BrN3O3. The van der Waals surface area contributed by atoms with Crippen molar-refractivity contribution in [2.45, 2.75) is 20.4 Å². The van der Waals surface area contributed by atoms with E-state index in [9.17, 15) is 9.59 Å². The molecule has 0 aliphatic carbocycles. The summed E-state index contributed by atoms with van der Waals surface area (Å²) in [6.45, 7) is 3.94. The van der Waals surface area contributed by atoms with Crippen molar-refractivity contribution in [2.24, 2.45) is 0 Å². The summed E-state index contributed by atoms with van der Waals surface area (Å²) in [5.74, 6) is -0.851. The second kappa shape index (κ2) is 10.2. The molecule has 0 saturated carbocycles. The first-order valence-electron chi connectivity index (χ1n) is 9.80. The van der Waals surface area contributed by atoms with Crippen molar-refractivity contribution < 1.29 is 14.3 Å². The van der Waals surface area contributed by atoms with Gasteiger partial charge in [0.1, 0.15) is 0 Å². The van der Waals surface area contributed by atoms with Gasteiger partial charge in [0, 0.05) is 35.4 Å². The molecule has 0 radical (unpaired) electrons. The number of likely N-dealkylation sites (N-methyl/N-ethyl adjacent to an activating group) is 1. The summed E-state index contributed by atoms with van der Waals surface area (Å²) < 4.78 is 7.89. The van der Waals surface area contributed by atoms with Crippen LogP contribution in [0.4, 0.5) is 0 Å². The normalized spacial score (nSPS) is 11.0. The highest BCUT2D eigenvalue weighted by molar-refractivity contribution is 9.10. The lowest BCUT2D eigenvalue weighted by Gasteiger charge is -2.17.